The van der Waals surface area contributed by atoms with Crippen LogP contribution in [0, 0.1) is 19.3 Å². The highest BCUT2D eigenvalue weighted by Crippen LogP contribution is 2.14. The van der Waals surface area contributed by atoms with Gasteiger partial charge < -0.3 is 10.1 Å². The number of nitrogens with two attached hydrogens (primary N) is 1. The Labute approximate surface area is 88.3 Å². The molecule has 2 aromatic rings. The molecule has 2 aromatic heterocycles. The van der Waals surface area contributed by atoms with Crippen LogP contribution in [0.3, 0.4) is 0 Å². The Morgan fingerprint density at radius 2 is 2.27 bits per heavy atom. The highest BCUT2D eigenvalue weighted by molar-refractivity contribution is 5.81. The molecule has 0 atom stereocenters. The SMILES string of the molecule is Cc1ccn2c(C)nc(CC(=N)N)c2c1. The summed E-state index contributed by atoms with van der Waals surface area (Å²) in [5.41, 5.74) is 8.51. The second kappa shape index (κ2) is 3.38. The van der Waals surface area contributed by atoms with E-state index >= 15 is 0 Å². The van der Waals surface area contributed by atoms with E-state index in [9.17, 15) is 0 Å². The fourth-order valence-corrected chi connectivity index (χ4v) is 1.73. The van der Waals surface area contributed by atoms with E-state index in [0.29, 0.717) is 6.42 Å². The lowest BCUT2D eigenvalue weighted by atomic mass is 10.2. The van der Waals surface area contributed by atoms with Gasteiger partial charge in [-0.05, 0) is 31.5 Å². The maximum atomic E-state index is 7.30. The Morgan fingerprint density at radius 3 is 2.93 bits per heavy atom. The summed E-state index contributed by atoms with van der Waals surface area (Å²) in [5.74, 6) is 1.08. The minimum absolute atomic E-state index is 0.150. The molecule has 2 rings (SSSR count). The van der Waals surface area contributed by atoms with E-state index in [-0.39, 0.29) is 5.84 Å². The van der Waals surface area contributed by atoms with Crippen molar-refractivity contribution in [2.24, 2.45) is 5.73 Å². The number of hydrogen-bond donors (Lipinski definition) is 2. The van der Waals surface area contributed by atoms with Gasteiger partial charge in [-0.1, -0.05) is 0 Å². The van der Waals surface area contributed by atoms with E-state index in [1.54, 1.807) is 0 Å². The molecule has 15 heavy (non-hydrogen) atoms. The molecular formula is C11H14N4. The molecule has 4 nitrogen and oxygen atoms in total. The highest BCUT2D eigenvalue weighted by Gasteiger charge is 2.08. The van der Waals surface area contributed by atoms with Crippen LogP contribution in [0.1, 0.15) is 17.1 Å². The molecule has 2 heterocycles. The standard InChI is InChI=1S/C11H14N4/c1-7-3-4-15-8(2)14-9(6-11(12)13)10(15)5-7/h3-5H,6H2,1-2H3,(H3,12,13). The van der Waals surface area contributed by atoms with Gasteiger partial charge in [-0.15, -0.1) is 0 Å². The first kappa shape index (κ1) is 9.71. The summed E-state index contributed by atoms with van der Waals surface area (Å²) in [4.78, 5) is 4.41. The molecule has 0 aliphatic carbocycles. The van der Waals surface area contributed by atoms with Crippen molar-refractivity contribution in [1.29, 1.82) is 5.41 Å². The summed E-state index contributed by atoms with van der Waals surface area (Å²) in [6.07, 6.45) is 2.41. The minimum Gasteiger partial charge on any atom is -0.387 e. The van der Waals surface area contributed by atoms with E-state index < -0.39 is 0 Å². The molecule has 0 spiro atoms. The fraction of sp³-hybridized carbons (Fsp3) is 0.273. The van der Waals surface area contributed by atoms with Crippen LogP contribution in [0.5, 0.6) is 0 Å². The number of nitrogens with one attached hydrogen (secondary N) is 1. The zero-order chi connectivity index (χ0) is 11.0. The second-order valence-corrected chi connectivity index (χ2v) is 3.77. The third-order valence-corrected chi connectivity index (χ3v) is 2.41. The van der Waals surface area contributed by atoms with Crippen molar-refractivity contribution in [1.82, 2.24) is 9.38 Å². The molecule has 0 unspecified atom stereocenters. The first-order chi connectivity index (χ1) is 7.08. The second-order valence-electron chi connectivity index (χ2n) is 3.77. The van der Waals surface area contributed by atoms with Gasteiger partial charge in [0.25, 0.3) is 0 Å². The summed E-state index contributed by atoms with van der Waals surface area (Å²) in [7, 11) is 0. The van der Waals surface area contributed by atoms with Crippen molar-refractivity contribution in [2.45, 2.75) is 20.3 Å². The normalized spacial score (nSPS) is 10.8. The van der Waals surface area contributed by atoms with E-state index in [4.69, 9.17) is 11.1 Å². The highest BCUT2D eigenvalue weighted by atomic mass is 15.0. The monoisotopic (exact) mass is 202 g/mol. The maximum absolute atomic E-state index is 7.30. The molecule has 4 heteroatoms. The zero-order valence-electron chi connectivity index (χ0n) is 8.91. The third kappa shape index (κ3) is 1.70. The Balaban J connectivity index is 2.64. The first-order valence-corrected chi connectivity index (χ1v) is 4.85. The van der Waals surface area contributed by atoms with Crippen molar-refractivity contribution in [3.8, 4) is 0 Å². The van der Waals surface area contributed by atoms with Crippen molar-refractivity contribution >= 4 is 11.4 Å². The lowest BCUT2D eigenvalue weighted by molar-refractivity contribution is 1.03. The summed E-state index contributed by atoms with van der Waals surface area (Å²) in [6.45, 7) is 3.99. The lowest BCUT2D eigenvalue weighted by Gasteiger charge is -1.99. The van der Waals surface area contributed by atoms with E-state index in [2.05, 4.69) is 11.1 Å². The molecule has 0 aliphatic rings. The van der Waals surface area contributed by atoms with Crippen LogP contribution in [0.15, 0.2) is 18.3 Å². The fourth-order valence-electron chi connectivity index (χ4n) is 1.73. The molecule has 0 saturated carbocycles. The molecular weight excluding hydrogens is 188 g/mol. The summed E-state index contributed by atoms with van der Waals surface area (Å²) >= 11 is 0. The Bertz CT molecular complexity index is 525. The van der Waals surface area contributed by atoms with Gasteiger partial charge in [-0.25, -0.2) is 4.98 Å². The minimum atomic E-state index is 0.150. The number of nitrogens with zero attached hydrogens (tertiary/aromatic N) is 2. The smallest absolute Gasteiger partial charge is 0.110 e. The molecule has 78 valence electrons. The van der Waals surface area contributed by atoms with Crippen molar-refractivity contribution in [3.05, 3.63) is 35.4 Å². The molecule has 0 saturated heterocycles. The average Bonchev–Trinajstić information content (AvgIpc) is 2.42. The summed E-state index contributed by atoms with van der Waals surface area (Å²) in [5, 5.41) is 7.30. The van der Waals surface area contributed by atoms with E-state index in [1.165, 1.54) is 5.56 Å². The molecule has 0 aromatic carbocycles. The summed E-state index contributed by atoms with van der Waals surface area (Å²) in [6, 6.07) is 4.11. The predicted molar refractivity (Wildman–Crippen MR) is 60.3 cm³/mol. The zero-order valence-corrected chi connectivity index (χ0v) is 8.91. The number of rotatable bonds is 2. The van der Waals surface area contributed by atoms with Gasteiger partial charge in [-0.3, -0.25) is 5.41 Å². The van der Waals surface area contributed by atoms with Crippen LogP contribution in [0.2, 0.25) is 0 Å². The Morgan fingerprint density at radius 1 is 1.53 bits per heavy atom. The van der Waals surface area contributed by atoms with E-state index in [0.717, 1.165) is 17.0 Å². The topological polar surface area (TPSA) is 67.2 Å². The molecule has 0 fully saturated rings. The average molecular weight is 202 g/mol. The van der Waals surface area contributed by atoms with Gasteiger partial charge in [0, 0.05) is 12.6 Å². The van der Waals surface area contributed by atoms with Gasteiger partial charge in [0.05, 0.1) is 17.0 Å². The number of aromatic nitrogens is 2. The van der Waals surface area contributed by atoms with Crippen molar-refractivity contribution < 1.29 is 0 Å². The van der Waals surface area contributed by atoms with Crippen LogP contribution in [0.4, 0.5) is 0 Å². The maximum Gasteiger partial charge on any atom is 0.110 e. The van der Waals surface area contributed by atoms with Gasteiger partial charge in [0.2, 0.25) is 0 Å². The summed E-state index contributed by atoms with van der Waals surface area (Å²) < 4.78 is 2.02. The molecule has 0 bridgehead atoms. The largest absolute Gasteiger partial charge is 0.387 e. The predicted octanol–water partition coefficient (Wildman–Crippen LogP) is 1.43. The number of amidine groups is 1. The van der Waals surface area contributed by atoms with Crippen LogP contribution >= 0.6 is 0 Å². The quantitative estimate of drug-likeness (QED) is 0.571. The molecule has 3 N–H and O–H groups in total. The number of aryl methyl sites for hydroxylation is 2. The first-order valence-electron chi connectivity index (χ1n) is 4.85. The van der Waals surface area contributed by atoms with Gasteiger partial charge in [0.15, 0.2) is 0 Å². The lowest BCUT2D eigenvalue weighted by Crippen LogP contribution is -2.13. The molecule has 0 radical (unpaired) electrons. The molecule has 0 aliphatic heterocycles. The van der Waals surface area contributed by atoms with Crippen LogP contribution in [0.25, 0.3) is 5.52 Å². The van der Waals surface area contributed by atoms with Gasteiger partial charge in [-0.2, -0.15) is 0 Å². The third-order valence-electron chi connectivity index (χ3n) is 2.41. The van der Waals surface area contributed by atoms with Crippen LogP contribution in [-0.4, -0.2) is 15.2 Å². The van der Waals surface area contributed by atoms with Gasteiger partial charge in [0.1, 0.15) is 5.82 Å². The number of hydrogen-bond acceptors (Lipinski definition) is 2. The van der Waals surface area contributed by atoms with Gasteiger partial charge >= 0.3 is 0 Å². The molecule has 0 amide bonds. The Kier molecular flexibility index (Phi) is 2.19. The van der Waals surface area contributed by atoms with Crippen LogP contribution in [-0.2, 0) is 6.42 Å². The van der Waals surface area contributed by atoms with Crippen molar-refractivity contribution in [3.63, 3.8) is 0 Å². The van der Waals surface area contributed by atoms with Crippen LogP contribution < -0.4 is 5.73 Å². The Hall–Kier alpha value is -1.84. The van der Waals surface area contributed by atoms with Crippen molar-refractivity contribution in [2.75, 3.05) is 0 Å². The number of fused-ring (bicyclic) bond motifs is 1. The van der Waals surface area contributed by atoms with E-state index in [1.807, 2.05) is 30.5 Å². The number of pyridine rings is 1. The number of imidazole rings is 1.